The van der Waals surface area contributed by atoms with Crippen LogP contribution in [0.3, 0.4) is 0 Å². The highest BCUT2D eigenvalue weighted by Gasteiger charge is 2.29. The Morgan fingerprint density at radius 2 is 1.94 bits per heavy atom. The summed E-state index contributed by atoms with van der Waals surface area (Å²) >= 11 is 0. The summed E-state index contributed by atoms with van der Waals surface area (Å²) in [6.07, 6.45) is 2.69. The van der Waals surface area contributed by atoms with E-state index in [1.54, 1.807) is 0 Å². The van der Waals surface area contributed by atoms with E-state index in [2.05, 4.69) is 47.8 Å². The second-order valence-electron chi connectivity index (χ2n) is 5.32. The maximum absolute atomic E-state index is 10.6. The minimum absolute atomic E-state index is 0.581. The Bertz CT molecular complexity index is 538. The molecule has 1 saturated heterocycles. The van der Waals surface area contributed by atoms with E-state index in [0.29, 0.717) is 6.54 Å². The van der Waals surface area contributed by atoms with Crippen LogP contribution in [-0.2, 0) is 6.42 Å². The summed E-state index contributed by atoms with van der Waals surface area (Å²) in [4.78, 5) is 0. The van der Waals surface area contributed by atoms with Crippen molar-refractivity contribution in [1.82, 2.24) is 5.32 Å². The summed E-state index contributed by atoms with van der Waals surface area (Å²) in [6.45, 7) is 1.73. The third-order valence-electron chi connectivity index (χ3n) is 3.85. The van der Waals surface area contributed by atoms with Gasteiger partial charge in [0.2, 0.25) is 0 Å². The zero-order chi connectivity index (χ0) is 12.4. The number of nitrogens with one attached hydrogen (secondary N) is 1. The van der Waals surface area contributed by atoms with Crippen molar-refractivity contribution in [2.24, 2.45) is 0 Å². The van der Waals surface area contributed by atoms with Crippen LogP contribution in [0.1, 0.15) is 18.4 Å². The third-order valence-corrected chi connectivity index (χ3v) is 3.85. The van der Waals surface area contributed by atoms with E-state index >= 15 is 0 Å². The van der Waals surface area contributed by atoms with Crippen LogP contribution in [0, 0.1) is 0 Å². The molecule has 18 heavy (non-hydrogen) atoms. The quantitative estimate of drug-likeness (QED) is 0.846. The first kappa shape index (κ1) is 11.7. The second kappa shape index (κ2) is 4.71. The standard InChI is InChI=1S/C16H19NO/c18-16(9-4-10-17-12-16)11-14-7-3-6-13-5-1-2-8-15(13)14/h1-3,5-8,17-18H,4,9-12H2. The van der Waals surface area contributed by atoms with Crippen LogP contribution in [0.15, 0.2) is 42.5 Å². The molecule has 2 nitrogen and oxygen atoms in total. The Morgan fingerprint density at radius 3 is 2.78 bits per heavy atom. The molecule has 0 bridgehead atoms. The van der Waals surface area contributed by atoms with E-state index in [4.69, 9.17) is 0 Å². The predicted molar refractivity (Wildman–Crippen MR) is 74.7 cm³/mol. The maximum Gasteiger partial charge on any atom is 0.0812 e. The first-order chi connectivity index (χ1) is 8.77. The Labute approximate surface area is 108 Å². The molecule has 2 N–H and O–H groups in total. The van der Waals surface area contributed by atoms with Gasteiger partial charge in [-0.3, -0.25) is 0 Å². The maximum atomic E-state index is 10.6. The molecule has 0 radical (unpaired) electrons. The van der Waals surface area contributed by atoms with Crippen LogP contribution in [0.2, 0.25) is 0 Å². The molecule has 94 valence electrons. The van der Waals surface area contributed by atoms with E-state index < -0.39 is 5.60 Å². The Hall–Kier alpha value is -1.38. The zero-order valence-corrected chi connectivity index (χ0v) is 10.5. The van der Waals surface area contributed by atoms with Crippen molar-refractivity contribution in [3.8, 4) is 0 Å². The highest BCUT2D eigenvalue weighted by molar-refractivity contribution is 5.85. The lowest BCUT2D eigenvalue weighted by Gasteiger charge is -2.33. The highest BCUT2D eigenvalue weighted by atomic mass is 16.3. The number of piperidine rings is 1. The van der Waals surface area contributed by atoms with Crippen molar-refractivity contribution < 1.29 is 5.11 Å². The molecule has 0 aliphatic carbocycles. The minimum Gasteiger partial charge on any atom is -0.388 e. The van der Waals surface area contributed by atoms with Crippen LogP contribution < -0.4 is 5.32 Å². The zero-order valence-electron chi connectivity index (χ0n) is 10.5. The lowest BCUT2D eigenvalue weighted by atomic mass is 9.86. The second-order valence-corrected chi connectivity index (χ2v) is 5.32. The average molecular weight is 241 g/mol. The average Bonchev–Trinajstić information content (AvgIpc) is 2.40. The molecule has 0 amide bonds. The molecule has 0 aromatic heterocycles. The van der Waals surface area contributed by atoms with E-state index in [1.165, 1.54) is 16.3 Å². The fraction of sp³-hybridized carbons (Fsp3) is 0.375. The van der Waals surface area contributed by atoms with Crippen LogP contribution in [0.5, 0.6) is 0 Å². The summed E-state index contributed by atoms with van der Waals surface area (Å²) in [7, 11) is 0. The number of hydrogen-bond acceptors (Lipinski definition) is 2. The van der Waals surface area contributed by atoms with Gasteiger partial charge in [0.15, 0.2) is 0 Å². The molecular formula is C16H19NO. The Morgan fingerprint density at radius 1 is 1.11 bits per heavy atom. The normalized spacial score (nSPS) is 24.3. The summed E-state index contributed by atoms with van der Waals surface area (Å²) in [5.74, 6) is 0. The van der Waals surface area contributed by atoms with Gasteiger partial charge in [0, 0.05) is 13.0 Å². The molecule has 1 atom stereocenters. The number of aliphatic hydroxyl groups is 1. The smallest absolute Gasteiger partial charge is 0.0812 e. The molecule has 1 aliphatic heterocycles. The molecule has 1 heterocycles. The molecule has 2 heteroatoms. The monoisotopic (exact) mass is 241 g/mol. The minimum atomic E-state index is -0.581. The molecule has 2 aromatic rings. The first-order valence-electron chi connectivity index (χ1n) is 6.67. The number of fused-ring (bicyclic) bond motifs is 1. The van der Waals surface area contributed by atoms with Crippen molar-refractivity contribution in [3.05, 3.63) is 48.0 Å². The van der Waals surface area contributed by atoms with E-state index in [1.807, 2.05) is 0 Å². The summed E-state index contributed by atoms with van der Waals surface area (Å²) < 4.78 is 0. The van der Waals surface area contributed by atoms with Gasteiger partial charge in [-0.25, -0.2) is 0 Å². The van der Waals surface area contributed by atoms with Crippen molar-refractivity contribution in [2.45, 2.75) is 24.9 Å². The fourth-order valence-electron chi connectivity index (χ4n) is 2.90. The molecule has 1 unspecified atom stereocenters. The van der Waals surface area contributed by atoms with Gasteiger partial charge in [-0.2, -0.15) is 0 Å². The summed E-state index contributed by atoms with van der Waals surface area (Å²) in [6, 6.07) is 14.7. The molecule has 2 aromatic carbocycles. The van der Waals surface area contributed by atoms with Gasteiger partial charge in [-0.15, -0.1) is 0 Å². The molecule has 3 rings (SSSR count). The van der Waals surface area contributed by atoms with Crippen LogP contribution in [0.4, 0.5) is 0 Å². The van der Waals surface area contributed by atoms with Gasteiger partial charge in [0.05, 0.1) is 5.60 Å². The lowest BCUT2D eigenvalue weighted by molar-refractivity contribution is 0.0172. The predicted octanol–water partition coefficient (Wildman–Crippen LogP) is 2.50. The molecular weight excluding hydrogens is 222 g/mol. The van der Waals surface area contributed by atoms with E-state index in [-0.39, 0.29) is 0 Å². The highest BCUT2D eigenvalue weighted by Crippen LogP contribution is 2.26. The van der Waals surface area contributed by atoms with Crippen molar-refractivity contribution in [1.29, 1.82) is 0 Å². The molecule has 0 spiro atoms. The van der Waals surface area contributed by atoms with Gasteiger partial charge in [0.25, 0.3) is 0 Å². The first-order valence-corrected chi connectivity index (χ1v) is 6.67. The van der Waals surface area contributed by atoms with Gasteiger partial charge in [-0.1, -0.05) is 42.5 Å². The van der Waals surface area contributed by atoms with Crippen molar-refractivity contribution in [2.75, 3.05) is 13.1 Å². The van der Waals surface area contributed by atoms with E-state index in [0.717, 1.165) is 25.8 Å². The van der Waals surface area contributed by atoms with Crippen molar-refractivity contribution in [3.63, 3.8) is 0 Å². The SMILES string of the molecule is OC1(Cc2cccc3ccccc23)CCCNC1. The lowest BCUT2D eigenvalue weighted by Crippen LogP contribution is -2.47. The fourth-order valence-corrected chi connectivity index (χ4v) is 2.90. The van der Waals surface area contributed by atoms with Gasteiger partial charge >= 0.3 is 0 Å². The summed E-state index contributed by atoms with van der Waals surface area (Å²) in [5, 5.41) is 16.4. The van der Waals surface area contributed by atoms with Crippen LogP contribution in [0.25, 0.3) is 10.8 Å². The largest absolute Gasteiger partial charge is 0.388 e. The van der Waals surface area contributed by atoms with Crippen LogP contribution >= 0.6 is 0 Å². The molecule has 1 aliphatic rings. The Kier molecular flexibility index (Phi) is 3.06. The van der Waals surface area contributed by atoms with Gasteiger partial charge < -0.3 is 10.4 Å². The van der Waals surface area contributed by atoms with Gasteiger partial charge in [-0.05, 0) is 35.7 Å². The molecule has 0 saturated carbocycles. The number of benzene rings is 2. The topological polar surface area (TPSA) is 32.3 Å². The number of β-amino-alcohol motifs (C(OH)–C–C–N with tert-alkyl or cyclic N) is 1. The third kappa shape index (κ3) is 2.26. The van der Waals surface area contributed by atoms with Crippen molar-refractivity contribution >= 4 is 10.8 Å². The summed E-state index contributed by atoms with van der Waals surface area (Å²) in [5.41, 5.74) is 0.668. The number of hydrogen-bond donors (Lipinski definition) is 2. The van der Waals surface area contributed by atoms with E-state index in [9.17, 15) is 5.11 Å². The molecule has 1 fully saturated rings. The number of rotatable bonds is 2. The van der Waals surface area contributed by atoms with Crippen LogP contribution in [-0.4, -0.2) is 23.8 Å². The Balaban J connectivity index is 1.94. The van der Waals surface area contributed by atoms with Gasteiger partial charge in [0.1, 0.15) is 0 Å².